The maximum atomic E-state index is 11.9. The second-order valence-corrected chi connectivity index (χ2v) is 3.73. The summed E-state index contributed by atoms with van der Waals surface area (Å²) in [5.74, 6) is 0.0743. The van der Waals surface area contributed by atoms with Crippen molar-refractivity contribution in [2.45, 2.75) is 0 Å². The molecule has 0 aliphatic carbocycles. The molecular formula is C12H9N5O2. The van der Waals surface area contributed by atoms with E-state index in [1.54, 1.807) is 24.5 Å². The number of aromatic nitrogens is 4. The van der Waals surface area contributed by atoms with E-state index in [0.717, 1.165) is 0 Å². The average molecular weight is 255 g/mol. The zero-order chi connectivity index (χ0) is 13.1. The highest BCUT2D eigenvalue weighted by molar-refractivity contribution is 6.03. The van der Waals surface area contributed by atoms with E-state index in [2.05, 4.69) is 25.7 Å². The molecular weight excluding hydrogens is 246 g/mol. The first-order chi connectivity index (χ1) is 9.33. The predicted octanol–water partition coefficient (Wildman–Crippen LogP) is 1.71. The molecule has 0 aromatic carbocycles. The second kappa shape index (κ2) is 4.73. The van der Waals surface area contributed by atoms with Crippen molar-refractivity contribution in [2.75, 3.05) is 5.32 Å². The number of amides is 1. The number of hydrogen-bond donors (Lipinski definition) is 2. The molecule has 0 aliphatic rings. The first kappa shape index (κ1) is 11.1. The number of anilines is 1. The summed E-state index contributed by atoms with van der Waals surface area (Å²) in [6.45, 7) is 0. The third kappa shape index (κ3) is 2.34. The van der Waals surface area contributed by atoms with Crippen molar-refractivity contribution in [1.29, 1.82) is 0 Å². The van der Waals surface area contributed by atoms with Crippen LogP contribution in [-0.4, -0.2) is 26.2 Å². The molecule has 7 nitrogen and oxygen atoms in total. The van der Waals surface area contributed by atoms with E-state index in [4.69, 9.17) is 4.52 Å². The Hall–Kier alpha value is -2.96. The highest BCUT2D eigenvalue weighted by atomic mass is 16.5. The lowest BCUT2D eigenvalue weighted by Crippen LogP contribution is -2.11. The summed E-state index contributed by atoms with van der Waals surface area (Å²) in [5.41, 5.74) is 1.37. The Morgan fingerprint density at radius 3 is 3.05 bits per heavy atom. The number of aromatic amines is 1. The van der Waals surface area contributed by atoms with Gasteiger partial charge in [0, 0.05) is 18.5 Å². The van der Waals surface area contributed by atoms with Crippen LogP contribution in [0.3, 0.4) is 0 Å². The molecule has 0 saturated carbocycles. The molecule has 3 aromatic heterocycles. The van der Waals surface area contributed by atoms with Gasteiger partial charge in [-0.1, -0.05) is 11.2 Å². The minimum absolute atomic E-state index is 0.182. The molecule has 3 aromatic rings. The Kier molecular flexibility index (Phi) is 2.77. The molecule has 0 fully saturated rings. The van der Waals surface area contributed by atoms with Crippen LogP contribution in [0.5, 0.6) is 0 Å². The minimum atomic E-state index is -0.368. The summed E-state index contributed by atoms with van der Waals surface area (Å²) >= 11 is 0. The van der Waals surface area contributed by atoms with Crippen molar-refractivity contribution in [1.82, 2.24) is 20.3 Å². The van der Waals surface area contributed by atoms with Crippen molar-refractivity contribution in [3.63, 3.8) is 0 Å². The Bertz CT molecular complexity index is 675. The van der Waals surface area contributed by atoms with Gasteiger partial charge in [-0.15, -0.1) is 0 Å². The average Bonchev–Trinajstić information content (AvgIpc) is 3.10. The SMILES string of the molecule is O=C(Nc1cn[nH]c1)c1cc(-c2ccccn2)on1. The number of nitrogens with zero attached hydrogens (tertiary/aromatic N) is 3. The quantitative estimate of drug-likeness (QED) is 0.742. The molecule has 7 heteroatoms. The molecule has 3 heterocycles. The third-order valence-electron chi connectivity index (χ3n) is 2.42. The van der Waals surface area contributed by atoms with Gasteiger partial charge in [-0.05, 0) is 12.1 Å². The smallest absolute Gasteiger partial charge is 0.277 e. The highest BCUT2D eigenvalue weighted by Crippen LogP contribution is 2.17. The van der Waals surface area contributed by atoms with Gasteiger partial charge in [0.25, 0.3) is 5.91 Å². The first-order valence-electron chi connectivity index (χ1n) is 5.51. The van der Waals surface area contributed by atoms with Crippen LogP contribution in [-0.2, 0) is 0 Å². The summed E-state index contributed by atoms with van der Waals surface area (Å²) in [6.07, 6.45) is 4.71. The first-order valence-corrected chi connectivity index (χ1v) is 5.51. The number of pyridine rings is 1. The van der Waals surface area contributed by atoms with Crippen LogP contribution >= 0.6 is 0 Å². The van der Waals surface area contributed by atoms with Crippen LogP contribution in [0.15, 0.2) is 47.4 Å². The molecule has 0 atom stereocenters. The van der Waals surface area contributed by atoms with Crippen LogP contribution in [0.4, 0.5) is 5.69 Å². The van der Waals surface area contributed by atoms with Gasteiger partial charge in [0.1, 0.15) is 5.69 Å². The summed E-state index contributed by atoms with van der Waals surface area (Å²) < 4.78 is 5.09. The lowest BCUT2D eigenvalue weighted by atomic mass is 10.2. The van der Waals surface area contributed by atoms with Crippen molar-refractivity contribution in [2.24, 2.45) is 0 Å². The monoisotopic (exact) mass is 255 g/mol. The Labute approximate surface area is 107 Å². The number of rotatable bonds is 3. The van der Waals surface area contributed by atoms with Crippen molar-refractivity contribution >= 4 is 11.6 Å². The van der Waals surface area contributed by atoms with E-state index in [1.807, 2.05) is 6.07 Å². The van der Waals surface area contributed by atoms with E-state index >= 15 is 0 Å². The van der Waals surface area contributed by atoms with Crippen LogP contribution in [0, 0.1) is 0 Å². The summed E-state index contributed by atoms with van der Waals surface area (Å²) in [6, 6.07) is 6.94. The Balaban J connectivity index is 1.80. The van der Waals surface area contributed by atoms with Crippen LogP contribution < -0.4 is 5.32 Å². The zero-order valence-corrected chi connectivity index (χ0v) is 9.70. The number of carbonyl (C=O) groups is 1. The van der Waals surface area contributed by atoms with Gasteiger partial charge in [-0.2, -0.15) is 5.10 Å². The third-order valence-corrected chi connectivity index (χ3v) is 2.42. The van der Waals surface area contributed by atoms with Gasteiger partial charge in [-0.25, -0.2) is 0 Å². The maximum absolute atomic E-state index is 11.9. The Morgan fingerprint density at radius 1 is 1.37 bits per heavy atom. The normalized spacial score (nSPS) is 10.3. The second-order valence-electron chi connectivity index (χ2n) is 3.73. The van der Waals surface area contributed by atoms with Gasteiger partial charge in [0.05, 0.1) is 11.9 Å². The lowest BCUT2D eigenvalue weighted by molar-refractivity contribution is 0.101. The fraction of sp³-hybridized carbons (Fsp3) is 0. The molecule has 0 radical (unpaired) electrons. The summed E-state index contributed by atoms with van der Waals surface area (Å²) in [4.78, 5) is 16.0. The number of carbonyl (C=O) groups excluding carboxylic acids is 1. The van der Waals surface area contributed by atoms with Gasteiger partial charge in [0.2, 0.25) is 0 Å². The van der Waals surface area contributed by atoms with Crippen molar-refractivity contribution in [3.05, 3.63) is 48.5 Å². The molecule has 3 rings (SSSR count). The summed E-state index contributed by atoms with van der Waals surface area (Å²) in [7, 11) is 0. The molecule has 0 bridgehead atoms. The van der Waals surface area contributed by atoms with Crippen molar-refractivity contribution in [3.8, 4) is 11.5 Å². The largest absolute Gasteiger partial charge is 0.354 e. The minimum Gasteiger partial charge on any atom is -0.354 e. The standard InChI is InChI=1S/C12H9N5O2/c18-12(16-8-6-14-15-7-8)10-5-11(19-17-10)9-3-1-2-4-13-9/h1-7H,(H,14,15)(H,16,18). The van der Waals surface area contributed by atoms with E-state index in [9.17, 15) is 4.79 Å². The fourth-order valence-electron chi connectivity index (χ4n) is 1.53. The van der Waals surface area contributed by atoms with Crippen LogP contribution in [0.25, 0.3) is 11.5 Å². The fourth-order valence-corrected chi connectivity index (χ4v) is 1.53. The molecule has 0 saturated heterocycles. The van der Waals surface area contributed by atoms with E-state index in [1.165, 1.54) is 12.3 Å². The van der Waals surface area contributed by atoms with E-state index in [-0.39, 0.29) is 11.6 Å². The predicted molar refractivity (Wildman–Crippen MR) is 66.3 cm³/mol. The summed E-state index contributed by atoms with van der Waals surface area (Å²) in [5, 5.41) is 12.7. The molecule has 94 valence electrons. The molecule has 2 N–H and O–H groups in total. The zero-order valence-electron chi connectivity index (χ0n) is 9.70. The molecule has 1 amide bonds. The molecule has 0 aliphatic heterocycles. The van der Waals surface area contributed by atoms with Gasteiger partial charge < -0.3 is 9.84 Å². The molecule has 0 spiro atoms. The Morgan fingerprint density at radius 2 is 2.32 bits per heavy atom. The molecule has 0 unspecified atom stereocenters. The van der Waals surface area contributed by atoms with Crippen LogP contribution in [0.1, 0.15) is 10.5 Å². The van der Waals surface area contributed by atoms with Crippen molar-refractivity contribution < 1.29 is 9.32 Å². The van der Waals surface area contributed by atoms with Gasteiger partial charge >= 0.3 is 0 Å². The number of nitrogens with one attached hydrogen (secondary N) is 2. The van der Waals surface area contributed by atoms with E-state index in [0.29, 0.717) is 17.1 Å². The van der Waals surface area contributed by atoms with Gasteiger partial charge in [0.15, 0.2) is 11.5 Å². The lowest BCUT2D eigenvalue weighted by Gasteiger charge is -1.96. The van der Waals surface area contributed by atoms with E-state index < -0.39 is 0 Å². The topological polar surface area (TPSA) is 96.7 Å². The maximum Gasteiger partial charge on any atom is 0.277 e. The number of hydrogen-bond acceptors (Lipinski definition) is 5. The highest BCUT2D eigenvalue weighted by Gasteiger charge is 2.14. The van der Waals surface area contributed by atoms with Gasteiger partial charge in [-0.3, -0.25) is 14.9 Å². The van der Waals surface area contributed by atoms with Crippen LogP contribution in [0.2, 0.25) is 0 Å². The number of H-pyrrole nitrogens is 1. The molecule has 19 heavy (non-hydrogen) atoms.